The Hall–Kier alpha value is -3.40. The predicted octanol–water partition coefficient (Wildman–Crippen LogP) is 7.09. The van der Waals surface area contributed by atoms with Gasteiger partial charge in [-0.05, 0) is 66.1 Å². The monoisotopic (exact) mass is 458 g/mol. The Balaban J connectivity index is 1.60. The Kier molecular flexibility index (Phi) is 9.90. The molecule has 0 unspecified atom stereocenters. The zero-order valence-electron chi connectivity index (χ0n) is 20.2. The van der Waals surface area contributed by atoms with Crippen LogP contribution in [0.1, 0.15) is 82.5 Å². The standard InChI is InChI=1S/C30H34O4/c1-3-5-12-23-14-7-9-16-27(23)21-33-29(31)25-18-11-19-26(20-25)30(32)34-22-28-17-10-8-15-24(28)13-6-4-2/h7-11,14-20H,3-6,12-13,21-22H2,1-2H3. The van der Waals surface area contributed by atoms with E-state index in [9.17, 15) is 9.59 Å². The number of carbonyl (C=O) groups is 2. The van der Waals surface area contributed by atoms with Crippen molar-refractivity contribution in [1.29, 1.82) is 0 Å². The highest BCUT2D eigenvalue weighted by Crippen LogP contribution is 2.17. The predicted molar refractivity (Wildman–Crippen MR) is 135 cm³/mol. The summed E-state index contributed by atoms with van der Waals surface area (Å²) in [4.78, 5) is 25.3. The van der Waals surface area contributed by atoms with Crippen LogP contribution in [0.4, 0.5) is 0 Å². The average Bonchev–Trinajstić information content (AvgIpc) is 2.88. The van der Waals surface area contributed by atoms with Gasteiger partial charge in [-0.2, -0.15) is 0 Å². The fourth-order valence-corrected chi connectivity index (χ4v) is 3.85. The number of aryl methyl sites for hydroxylation is 2. The maximum Gasteiger partial charge on any atom is 0.338 e. The Labute approximate surface area is 202 Å². The molecule has 0 bridgehead atoms. The van der Waals surface area contributed by atoms with Gasteiger partial charge in [-0.3, -0.25) is 0 Å². The van der Waals surface area contributed by atoms with E-state index in [1.165, 1.54) is 17.2 Å². The number of hydrogen-bond donors (Lipinski definition) is 0. The molecule has 3 rings (SSSR count). The molecule has 0 radical (unpaired) electrons. The number of hydrogen-bond acceptors (Lipinski definition) is 4. The molecule has 0 amide bonds. The van der Waals surface area contributed by atoms with Crippen molar-refractivity contribution in [1.82, 2.24) is 0 Å². The van der Waals surface area contributed by atoms with Crippen LogP contribution in [0.15, 0.2) is 72.8 Å². The third-order valence-electron chi connectivity index (χ3n) is 5.89. The third-order valence-corrected chi connectivity index (χ3v) is 5.89. The lowest BCUT2D eigenvalue weighted by molar-refractivity contribution is 0.0469. The van der Waals surface area contributed by atoms with E-state index in [1.807, 2.05) is 36.4 Å². The molecule has 0 aliphatic heterocycles. The van der Waals surface area contributed by atoms with Crippen LogP contribution in [0, 0.1) is 0 Å². The SMILES string of the molecule is CCCCc1ccccc1COC(=O)c1cccc(C(=O)OCc2ccccc2CCCC)c1. The van der Waals surface area contributed by atoms with Gasteiger partial charge in [-0.15, -0.1) is 0 Å². The molecule has 34 heavy (non-hydrogen) atoms. The molecule has 178 valence electrons. The minimum atomic E-state index is -0.454. The maximum absolute atomic E-state index is 12.7. The molecule has 0 heterocycles. The fraction of sp³-hybridized carbons (Fsp3) is 0.333. The number of unbranched alkanes of at least 4 members (excludes halogenated alkanes) is 2. The first-order valence-electron chi connectivity index (χ1n) is 12.2. The first-order valence-corrected chi connectivity index (χ1v) is 12.2. The lowest BCUT2D eigenvalue weighted by Gasteiger charge is -2.11. The highest BCUT2D eigenvalue weighted by Gasteiger charge is 2.14. The zero-order valence-corrected chi connectivity index (χ0v) is 20.2. The molecular formula is C30H34O4. The van der Waals surface area contributed by atoms with Crippen molar-refractivity contribution >= 4 is 11.9 Å². The molecule has 0 fully saturated rings. The third kappa shape index (κ3) is 7.31. The smallest absolute Gasteiger partial charge is 0.338 e. The van der Waals surface area contributed by atoms with Crippen molar-refractivity contribution in [3.05, 3.63) is 106 Å². The van der Waals surface area contributed by atoms with E-state index < -0.39 is 11.9 Å². The molecule has 0 N–H and O–H groups in total. The Bertz CT molecular complexity index is 1000. The Morgan fingerprint density at radius 2 is 1.00 bits per heavy atom. The topological polar surface area (TPSA) is 52.6 Å². The van der Waals surface area contributed by atoms with E-state index in [-0.39, 0.29) is 13.2 Å². The van der Waals surface area contributed by atoms with Crippen LogP contribution in [-0.4, -0.2) is 11.9 Å². The van der Waals surface area contributed by atoms with Gasteiger partial charge in [0.15, 0.2) is 0 Å². The van der Waals surface area contributed by atoms with Crippen LogP contribution in [-0.2, 0) is 35.5 Å². The van der Waals surface area contributed by atoms with Crippen LogP contribution in [0.25, 0.3) is 0 Å². The van der Waals surface area contributed by atoms with Crippen molar-refractivity contribution < 1.29 is 19.1 Å². The van der Waals surface area contributed by atoms with Crippen LogP contribution >= 0.6 is 0 Å². The van der Waals surface area contributed by atoms with Crippen molar-refractivity contribution in [3.63, 3.8) is 0 Å². The van der Waals surface area contributed by atoms with Crippen LogP contribution < -0.4 is 0 Å². The molecule has 0 atom stereocenters. The summed E-state index contributed by atoms with van der Waals surface area (Å²) in [6, 6.07) is 22.6. The summed E-state index contributed by atoms with van der Waals surface area (Å²) in [5, 5.41) is 0. The maximum atomic E-state index is 12.7. The van der Waals surface area contributed by atoms with E-state index in [0.717, 1.165) is 49.7 Å². The van der Waals surface area contributed by atoms with Gasteiger partial charge in [0, 0.05) is 0 Å². The molecule has 0 aromatic heterocycles. The van der Waals surface area contributed by atoms with Gasteiger partial charge in [0.25, 0.3) is 0 Å². The Morgan fingerprint density at radius 1 is 0.588 bits per heavy atom. The van der Waals surface area contributed by atoms with Gasteiger partial charge in [0.05, 0.1) is 11.1 Å². The Morgan fingerprint density at radius 3 is 1.41 bits per heavy atom. The molecule has 0 spiro atoms. The van der Waals surface area contributed by atoms with Crippen molar-refractivity contribution in [2.24, 2.45) is 0 Å². The summed E-state index contributed by atoms with van der Waals surface area (Å²) in [5.74, 6) is -0.908. The fourth-order valence-electron chi connectivity index (χ4n) is 3.85. The average molecular weight is 459 g/mol. The second kappa shape index (κ2) is 13.3. The number of benzene rings is 3. The minimum absolute atomic E-state index is 0.210. The van der Waals surface area contributed by atoms with Crippen LogP contribution in [0.2, 0.25) is 0 Å². The van der Waals surface area contributed by atoms with E-state index in [1.54, 1.807) is 18.2 Å². The largest absolute Gasteiger partial charge is 0.457 e. The molecule has 4 heteroatoms. The lowest BCUT2D eigenvalue weighted by atomic mass is 10.0. The summed E-state index contributed by atoms with van der Waals surface area (Å²) in [5.41, 5.74) is 5.11. The van der Waals surface area contributed by atoms with Crippen molar-refractivity contribution in [3.8, 4) is 0 Å². The van der Waals surface area contributed by atoms with E-state index in [2.05, 4.69) is 26.0 Å². The molecule has 3 aromatic rings. The normalized spacial score (nSPS) is 10.6. The molecule has 0 aliphatic carbocycles. The van der Waals surface area contributed by atoms with E-state index in [4.69, 9.17) is 9.47 Å². The molecule has 4 nitrogen and oxygen atoms in total. The number of carbonyl (C=O) groups excluding carboxylic acids is 2. The summed E-state index contributed by atoms with van der Waals surface area (Å²) in [6.07, 6.45) is 6.35. The van der Waals surface area contributed by atoms with Crippen molar-refractivity contribution in [2.45, 2.75) is 65.6 Å². The van der Waals surface area contributed by atoms with Crippen molar-refractivity contribution in [2.75, 3.05) is 0 Å². The van der Waals surface area contributed by atoms with Gasteiger partial charge < -0.3 is 9.47 Å². The number of ether oxygens (including phenoxy) is 2. The lowest BCUT2D eigenvalue weighted by Crippen LogP contribution is -2.10. The van der Waals surface area contributed by atoms with Gasteiger partial charge in [0.1, 0.15) is 13.2 Å². The number of esters is 2. The molecule has 0 saturated carbocycles. The molecule has 0 aliphatic rings. The second-order valence-electron chi connectivity index (χ2n) is 8.48. The molecule has 0 saturated heterocycles. The molecular weight excluding hydrogens is 424 g/mol. The summed E-state index contributed by atoms with van der Waals surface area (Å²) in [6.45, 7) is 4.74. The van der Waals surface area contributed by atoms with Crippen LogP contribution in [0.3, 0.4) is 0 Å². The minimum Gasteiger partial charge on any atom is -0.457 e. The van der Waals surface area contributed by atoms with Gasteiger partial charge in [0.2, 0.25) is 0 Å². The van der Waals surface area contributed by atoms with Gasteiger partial charge in [-0.25, -0.2) is 9.59 Å². The molecule has 3 aromatic carbocycles. The van der Waals surface area contributed by atoms with E-state index >= 15 is 0 Å². The van der Waals surface area contributed by atoms with Crippen LogP contribution in [0.5, 0.6) is 0 Å². The number of rotatable bonds is 12. The van der Waals surface area contributed by atoms with Gasteiger partial charge >= 0.3 is 11.9 Å². The second-order valence-corrected chi connectivity index (χ2v) is 8.48. The quantitative estimate of drug-likeness (QED) is 0.272. The first kappa shape index (κ1) is 25.2. The highest BCUT2D eigenvalue weighted by atomic mass is 16.5. The highest BCUT2D eigenvalue weighted by molar-refractivity contribution is 5.95. The summed E-state index contributed by atoms with van der Waals surface area (Å²) < 4.78 is 11.1. The zero-order chi connectivity index (χ0) is 24.2. The summed E-state index contributed by atoms with van der Waals surface area (Å²) in [7, 11) is 0. The van der Waals surface area contributed by atoms with Gasteiger partial charge in [-0.1, -0.05) is 81.3 Å². The first-order chi connectivity index (χ1) is 16.6. The summed E-state index contributed by atoms with van der Waals surface area (Å²) >= 11 is 0. The van der Waals surface area contributed by atoms with E-state index in [0.29, 0.717) is 11.1 Å².